The van der Waals surface area contributed by atoms with Gasteiger partial charge in [-0.15, -0.1) is 6.58 Å². The number of hydrogen-bond acceptors (Lipinski definition) is 3. The number of carbonyl (C=O) groups is 1. The summed E-state index contributed by atoms with van der Waals surface area (Å²) in [5, 5.41) is 2.98. The van der Waals surface area contributed by atoms with E-state index >= 15 is 0 Å². The van der Waals surface area contributed by atoms with Gasteiger partial charge in [0, 0.05) is 6.54 Å². The van der Waals surface area contributed by atoms with Crippen molar-refractivity contribution in [2.45, 2.75) is 13.0 Å². The highest BCUT2D eigenvalue weighted by Gasteiger charge is 2.22. The van der Waals surface area contributed by atoms with E-state index in [-0.39, 0.29) is 5.82 Å². The van der Waals surface area contributed by atoms with E-state index in [0.717, 1.165) is 0 Å². The minimum atomic E-state index is -0.599. The molecule has 1 rings (SSSR count). The van der Waals surface area contributed by atoms with E-state index in [1.807, 2.05) is 0 Å². The van der Waals surface area contributed by atoms with Gasteiger partial charge in [0.2, 0.25) is 0 Å². The Hall–Kier alpha value is -1.68. The maximum Gasteiger partial charge on any atom is 0.327 e. The molecule has 0 aromatic heterocycles. The van der Waals surface area contributed by atoms with Crippen LogP contribution in [0.4, 0.5) is 4.39 Å². The monoisotopic (exact) mass is 237 g/mol. The Kier molecular flexibility index (Phi) is 4.84. The van der Waals surface area contributed by atoms with Crippen LogP contribution in [0.25, 0.3) is 0 Å². The summed E-state index contributed by atoms with van der Waals surface area (Å²) < 4.78 is 17.7. The molecule has 4 heteroatoms. The van der Waals surface area contributed by atoms with E-state index in [1.165, 1.54) is 19.2 Å². The molecule has 0 aliphatic heterocycles. The first kappa shape index (κ1) is 13.4. The van der Waals surface area contributed by atoms with Crippen molar-refractivity contribution in [1.29, 1.82) is 0 Å². The molecule has 0 aliphatic carbocycles. The van der Waals surface area contributed by atoms with Crippen molar-refractivity contribution < 1.29 is 13.9 Å². The molecule has 1 aromatic rings. The molecule has 0 radical (unpaired) electrons. The molecule has 3 nitrogen and oxygen atoms in total. The lowest BCUT2D eigenvalue weighted by Crippen LogP contribution is -2.30. The highest BCUT2D eigenvalue weighted by molar-refractivity contribution is 5.78. The number of carbonyl (C=O) groups excluding carboxylic acids is 1. The van der Waals surface area contributed by atoms with Gasteiger partial charge in [-0.3, -0.25) is 5.32 Å². The number of benzene rings is 1. The number of halogens is 1. The number of hydrogen-bond donors (Lipinski definition) is 1. The fraction of sp³-hybridized carbons (Fsp3) is 0.308. The van der Waals surface area contributed by atoms with Crippen molar-refractivity contribution in [2.24, 2.45) is 0 Å². The molecule has 17 heavy (non-hydrogen) atoms. The molecule has 0 amide bonds. The van der Waals surface area contributed by atoms with Gasteiger partial charge in [-0.05, 0) is 30.2 Å². The van der Waals surface area contributed by atoms with Crippen LogP contribution in [0, 0.1) is 12.7 Å². The largest absolute Gasteiger partial charge is 0.468 e. The molecule has 0 saturated carbocycles. The van der Waals surface area contributed by atoms with E-state index < -0.39 is 12.0 Å². The smallest absolute Gasteiger partial charge is 0.327 e. The van der Waals surface area contributed by atoms with Gasteiger partial charge in [0.15, 0.2) is 0 Å². The standard InChI is InChI=1S/C13H16FNO2/c1-4-7-15-12(13(16)17-3)11-6-5-10(14)8-9(11)2/h4-6,8,12,15H,1,7H2,2-3H3. The van der Waals surface area contributed by atoms with E-state index in [2.05, 4.69) is 11.9 Å². The van der Waals surface area contributed by atoms with Gasteiger partial charge < -0.3 is 4.74 Å². The Morgan fingerprint density at radius 2 is 2.35 bits per heavy atom. The molecule has 1 atom stereocenters. The Morgan fingerprint density at radius 1 is 1.65 bits per heavy atom. The fourth-order valence-electron chi connectivity index (χ4n) is 1.60. The zero-order chi connectivity index (χ0) is 12.8. The van der Waals surface area contributed by atoms with Crippen LogP contribution in [0.3, 0.4) is 0 Å². The van der Waals surface area contributed by atoms with Gasteiger partial charge in [-0.1, -0.05) is 12.1 Å². The maximum absolute atomic E-state index is 13.0. The predicted octanol–water partition coefficient (Wildman–Crippen LogP) is 2.12. The second-order valence-corrected chi connectivity index (χ2v) is 3.65. The van der Waals surface area contributed by atoms with Crippen LogP contribution < -0.4 is 5.32 Å². The average molecular weight is 237 g/mol. The summed E-state index contributed by atoms with van der Waals surface area (Å²) in [6.07, 6.45) is 1.65. The van der Waals surface area contributed by atoms with Crippen LogP contribution in [-0.4, -0.2) is 19.6 Å². The summed E-state index contributed by atoms with van der Waals surface area (Å²) >= 11 is 0. The number of methoxy groups -OCH3 is 1. The normalized spacial score (nSPS) is 11.9. The molecular weight excluding hydrogens is 221 g/mol. The lowest BCUT2D eigenvalue weighted by molar-refractivity contribution is -0.143. The molecule has 1 N–H and O–H groups in total. The van der Waals surface area contributed by atoms with Crippen molar-refractivity contribution >= 4 is 5.97 Å². The van der Waals surface area contributed by atoms with Gasteiger partial charge >= 0.3 is 5.97 Å². The number of aryl methyl sites for hydroxylation is 1. The lowest BCUT2D eigenvalue weighted by atomic mass is 10.0. The second kappa shape index (κ2) is 6.15. The summed E-state index contributed by atoms with van der Waals surface area (Å²) in [5.74, 6) is -0.722. The predicted molar refractivity (Wildman–Crippen MR) is 64.1 cm³/mol. The molecule has 0 bridgehead atoms. The molecule has 0 aliphatic rings. The van der Waals surface area contributed by atoms with Crippen molar-refractivity contribution in [2.75, 3.05) is 13.7 Å². The van der Waals surface area contributed by atoms with Gasteiger partial charge in [-0.25, -0.2) is 9.18 Å². The summed E-state index contributed by atoms with van der Waals surface area (Å²) in [6.45, 7) is 5.80. The Labute approximate surface area is 100 Å². The summed E-state index contributed by atoms with van der Waals surface area (Å²) in [6, 6.07) is 3.70. The number of ether oxygens (including phenoxy) is 1. The molecule has 1 aromatic carbocycles. The number of rotatable bonds is 5. The van der Waals surface area contributed by atoms with Crippen LogP contribution in [0.1, 0.15) is 17.2 Å². The van der Waals surface area contributed by atoms with Gasteiger partial charge in [0.05, 0.1) is 7.11 Å². The summed E-state index contributed by atoms with van der Waals surface area (Å²) in [4.78, 5) is 11.6. The van der Waals surface area contributed by atoms with Gasteiger partial charge in [0.1, 0.15) is 11.9 Å². The molecule has 0 fully saturated rings. The fourth-order valence-corrected chi connectivity index (χ4v) is 1.60. The molecule has 0 heterocycles. The van der Waals surface area contributed by atoms with Crippen LogP contribution in [0.2, 0.25) is 0 Å². The van der Waals surface area contributed by atoms with E-state index in [0.29, 0.717) is 17.7 Å². The van der Waals surface area contributed by atoms with E-state index in [1.54, 1.807) is 19.1 Å². The van der Waals surface area contributed by atoms with E-state index in [9.17, 15) is 9.18 Å². The molecule has 0 saturated heterocycles. The first-order chi connectivity index (χ1) is 8.10. The Bertz CT molecular complexity index is 418. The van der Waals surface area contributed by atoms with Crippen LogP contribution in [0.5, 0.6) is 0 Å². The number of nitrogens with one attached hydrogen (secondary N) is 1. The third kappa shape index (κ3) is 3.39. The van der Waals surface area contributed by atoms with Crippen molar-refractivity contribution in [3.05, 3.63) is 47.8 Å². The van der Waals surface area contributed by atoms with Crippen molar-refractivity contribution in [3.8, 4) is 0 Å². The van der Waals surface area contributed by atoms with Crippen LogP contribution in [0.15, 0.2) is 30.9 Å². The molecule has 0 spiro atoms. The highest BCUT2D eigenvalue weighted by atomic mass is 19.1. The van der Waals surface area contributed by atoms with Crippen molar-refractivity contribution in [1.82, 2.24) is 5.32 Å². The van der Waals surface area contributed by atoms with Gasteiger partial charge in [0.25, 0.3) is 0 Å². The van der Waals surface area contributed by atoms with E-state index in [4.69, 9.17) is 4.74 Å². The SMILES string of the molecule is C=CCNC(C(=O)OC)c1ccc(F)cc1C. The molecule has 92 valence electrons. The Morgan fingerprint density at radius 3 is 2.88 bits per heavy atom. The zero-order valence-corrected chi connectivity index (χ0v) is 10.00. The minimum absolute atomic E-state index is 0.321. The summed E-state index contributed by atoms with van der Waals surface area (Å²) in [5.41, 5.74) is 1.41. The zero-order valence-electron chi connectivity index (χ0n) is 10.00. The minimum Gasteiger partial charge on any atom is -0.468 e. The average Bonchev–Trinajstić information content (AvgIpc) is 2.31. The van der Waals surface area contributed by atoms with Gasteiger partial charge in [-0.2, -0.15) is 0 Å². The lowest BCUT2D eigenvalue weighted by Gasteiger charge is -2.17. The first-order valence-electron chi connectivity index (χ1n) is 5.28. The Balaban J connectivity index is 3.03. The third-order valence-corrected chi connectivity index (χ3v) is 2.45. The molecular formula is C13H16FNO2. The third-order valence-electron chi connectivity index (χ3n) is 2.45. The number of esters is 1. The molecule has 1 unspecified atom stereocenters. The topological polar surface area (TPSA) is 38.3 Å². The van der Waals surface area contributed by atoms with Crippen LogP contribution in [-0.2, 0) is 9.53 Å². The first-order valence-corrected chi connectivity index (χ1v) is 5.28. The van der Waals surface area contributed by atoms with Crippen LogP contribution >= 0.6 is 0 Å². The highest BCUT2D eigenvalue weighted by Crippen LogP contribution is 2.19. The second-order valence-electron chi connectivity index (χ2n) is 3.65. The summed E-state index contributed by atoms with van der Waals surface area (Å²) in [7, 11) is 1.32. The maximum atomic E-state index is 13.0. The van der Waals surface area contributed by atoms with Crippen molar-refractivity contribution in [3.63, 3.8) is 0 Å². The quantitative estimate of drug-likeness (QED) is 0.629.